The Labute approximate surface area is 324 Å². The molecule has 3 nitrogen and oxygen atoms in total. The molecular weight excluding hydrogens is 679 g/mol. The smallest absolute Gasteiger partial charge is 0.187 e. The molecule has 10 aromatic carbocycles. The van der Waals surface area contributed by atoms with Gasteiger partial charge in [0.1, 0.15) is 0 Å². The molecule has 0 heterocycles. The Balaban J connectivity index is 1.35. The van der Waals surface area contributed by atoms with Crippen molar-refractivity contribution >= 4 is 54.5 Å². The predicted octanol–water partition coefficient (Wildman–Crippen LogP) is 15.0. The normalized spacial score (nSPS) is 11.2. The summed E-state index contributed by atoms with van der Waals surface area (Å²) in [5.41, 5.74) is 12.8. The van der Waals surface area contributed by atoms with Crippen molar-refractivity contribution in [3.8, 4) is 61.7 Å². The second-order valence-electron chi connectivity index (χ2n) is 14.1. The minimum absolute atomic E-state index is 0.600. The molecule has 56 heavy (non-hydrogen) atoms. The molecule has 0 saturated carbocycles. The molecule has 0 saturated heterocycles. The fourth-order valence-electron chi connectivity index (χ4n) is 8.49. The molecule has 0 N–H and O–H groups in total. The lowest BCUT2D eigenvalue weighted by molar-refractivity contribution is 1.48. The summed E-state index contributed by atoms with van der Waals surface area (Å²) in [4.78, 5) is 7.34. The second kappa shape index (κ2) is 13.1. The third-order valence-corrected chi connectivity index (χ3v) is 11.1. The summed E-state index contributed by atoms with van der Waals surface area (Å²) >= 11 is 0. The van der Waals surface area contributed by atoms with E-state index in [0.717, 1.165) is 71.4 Å². The van der Waals surface area contributed by atoms with Crippen LogP contribution in [0.15, 0.2) is 176 Å². The van der Waals surface area contributed by atoms with Crippen molar-refractivity contribution < 1.29 is 0 Å². The largest absolute Gasteiger partial charge is 0.238 e. The summed E-state index contributed by atoms with van der Waals surface area (Å²) in [6.07, 6.45) is 0. The van der Waals surface area contributed by atoms with E-state index in [2.05, 4.69) is 131 Å². The van der Waals surface area contributed by atoms with Crippen molar-refractivity contribution in [3.63, 3.8) is 0 Å². The maximum absolute atomic E-state index is 9.61. The second-order valence-corrected chi connectivity index (χ2v) is 14.1. The van der Waals surface area contributed by atoms with Gasteiger partial charge in [-0.25, -0.2) is 9.69 Å². The Kier molecular flexibility index (Phi) is 7.64. The van der Waals surface area contributed by atoms with Gasteiger partial charge >= 0.3 is 0 Å². The molecule has 3 heteroatoms. The van der Waals surface area contributed by atoms with E-state index >= 15 is 0 Å². The molecule has 0 radical (unpaired) electrons. The van der Waals surface area contributed by atoms with Crippen LogP contribution in [0.5, 0.6) is 0 Å². The maximum atomic E-state index is 9.61. The van der Waals surface area contributed by atoms with E-state index in [-0.39, 0.29) is 0 Å². The van der Waals surface area contributed by atoms with Gasteiger partial charge in [0.05, 0.1) is 24.8 Å². The van der Waals surface area contributed by atoms with Gasteiger partial charge in [-0.2, -0.15) is 5.26 Å². The summed E-state index contributed by atoms with van der Waals surface area (Å²) < 4.78 is 0. The van der Waals surface area contributed by atoms with Gasteiger partial charge in [0, 0.05) is 0 Å². The number of nitriles is 1. The first kappa shape index (κ1) is 32.6. The van der Waals surface area contributed by atoms with Crippen molar-refractivity contribution in [2.45, 2.75) is 0 Å². The third-order valence-electron chi connectivity index (χ3n) is 11.1. The molecule has 0 spiro atoms. The lowest BCUT2D eigenvalue weighted by Gasteiger charge is -2.22. The van der Waals surface area contributed by atoms with Crippen LogP contribution in [0.3, 0.4) is 0 Å². The molecule has 0 unspecified atom stereocenters. The molecule has 0 atom stereocenters. The van der Waals surface area contributed by atoms with Gasteiger partial charge in [0.25, 0.3) is 0 Å². The summed E-state index contributed by atoms with van der Waals surface area (Å²) in [7, 11) is 0. The zero-order valence-electron chi connectivity index (χ0n) is 30.1. The standard InChI is InChI=1S/C53H29N3/c1-55-38-20-16-36(17-21-38)49-30-48(35-14-12-33(32-54)13-15-35)45-28-29-47-51(43-25-24-40(34-8-4-3-5-9-34)41-10-6-7-11-42(41)43)31-50(37-18-22-39(56-2)23-19-37)46-27-26-44(49)52(45)53(46)47/h3-31H. The van der Waals surface area contributed by atoms with Crippen molar-refractivity contribution in [1.82, 2.24) is 0 Å². The van der Waals surface area contributed by atoms with Gasteiger partial charge in [-0.05, 0) is 123 Å². The molecule has 256 valence electrons. The average molecular weight is 708 g/mol. The average Bonchev–Trinajstić information content (AvgIpc) is 3.28. The van der Waals surface area contributed by atoms with Gasteiger partial charge in [-0.1, -0.05) is 152 Å². The number of benzene rings is 10. The van der Waals surface area contributed by atoms with Gasteiger partial charge in [-0.15, -0.1) is 0 Å². The lowest BCUT2D eigenvalue weighted by atomic mass is 9.81. The van der Waals surface area contributed by atoms with E-state index < -0.39 is 0 Å². The molecule has 10 rings (SSSR count). The van der Waals surface area contributed by atoms with E-state index in [9.17, 15) is 5.26 Å². The first-order valence-corrected chi connectivity index (χ1v) is 18.5. The number of rotatable bonds is 5. The Morgan fingerprint density at radius 1 is 0.339 bits per heavy atom. The number of hydrogen-bond acceptors (Lipinski definition) is 1. The van der Waals surface area contributed by atoms with Crippen LogP contribution in [0.1, 0.15) is 5.56 Å². The lowest BCUT2D eigenvalue weighted by Crippen LogP contribution is -1.95. The van der Waals surface area contributed by atoms with Crippen LogP contribution in [-0.2, 0) is 0 Å². The Hall–Kier alpha value is -8.03. The highest BCUT2D eigenvalue weighted by Gasteiger charge is 2.22. The number of fused-ring (bicyclic) bond motifs is 1. The van der Waals surface area contributed by atoms with Crippen LogP contribution in [-0.4, -0.2) is 0 Å². The molecular formula is C53H29N3. The highest BCUT2D eigenvalue weighted by atomic mass is 14.6. The molecule has 0 aliphatic heterocycles. The van der Waals surface area contributed by atoms with Gasteiger partial charge < -0.3 is 0 Å². The van der Waals surface area contributed by atoms with E-state index in [1.807, 2.05) is 60.7 Å². The minimum atomic E-state index is 0.600. The summed E-state index contributed by atoms with van der Waals surface area (Å²) in [6.45, 7) is 15.2. The zero-order chi connectivity index (χ0) is 37.8. The molecule has 0 aliphatic rings. The van der Waals surface area contributed by atoms with Crippen LogP contribution in [0, 0.1) is 24.5 Å². The van der Waals surface area contributed by atoms with Gasteiger partial charge in [0.2, 0.25) is 0 Å². The van der Waals surface area contributed by atoms with Gasteiger partial charge in [-0.3, -0.25) is 0 Å². The van der Waals surface area contributed by atoms with Crippen molar-refractivity contribution in [1.29, 1.82) is 5.26 Å². The topological polar surface area (TPSA) is 32.5 Å². The van der Waals surface area contributed by atoms with E-state index in [0.29, 0.717) is 16.9 Å². The minimum Gasteiger partial charge on any atom is -0.238 e. The monoisotopic (exact) mass is 707 g/mol. The van der Waals surface area contributed by atoms with Crippen LogP contribution < -0.4 is 0 Å². The number of hydrogen-bond donors (Lipinski definition) is 0. The molecule has 0 amide bonds. The molecule has 10 aromatic rings. The molecule has 0 bridgehead atoms. The maximum Gasteiger partial charge on any atom is 0.187 e. The fraction of sp³-hybridized carbons (Fsp3) is 0. The van der Waals surface area contributed by atoms with Crippen LogP contribution in [0.2, 0.25) is 0 Å². The fourth-order valence-corrected chi connectivity index (χ4v) is 8.49. The van der Waals surface area contributed by atoms with Crippen LogP contribution in [0.25, 0.3) is 108 Å². The Morgan fingerprint density at radius 3 is 1.21 bits per heavy atom. The van der Waals surface area contributed by atoms with Gasteiger partial charge in [0.15, 0.2) is 11.4 Å². The quantitative estimate of drug-likeness (QED) is 0.129. The van der Waals surface area contributed by atoms with Crippen LogP contribution >= 0.6 is 0 Å². The molecule has 0 aromatic heterocycles. The van der Waals surface area contributed by atoms with Crippen molar-refractivity contribution in [3.05, 3.63) is 204 Å². The zero-order valence-corrected chi connectivity index (χ0v) is 30.1. The highest BCUT2D eigenvalue weighted by Crippen LogP contribution is 2.50. The highest BCUT2D eigenvalue weighted by molar-refractivity contribution is 6.32. The van der Waals surface area contributed by atoms with E-state index in [1.165, 1.54) is 27.3 Å². The van der Waals surface area contributed by atoms with Crippen LogP contribution in [0.4, 0.5) is 11.4 Å². The first-order chi connectivity index (χ1) is 27.6. The Morgan fingerprint density at radius 2 is 0.732 bits per heavy atom. The van der Waals surface area contributed by atoms with E-state index in [1.54, 1.807) is 0 Å². The number of nitrogens with zero attached hydrogens (tertiary/aromatic N) is 3. The van der Waals surface area contributed by atoms with Crippen molar-refractivity contribution in [2.75, 3.05) is 0 Å². The molecule has 0 aliphatic carbocycles. The predicted molar refractivity (Wildman–Crippen MR) is 232 cm³/mol. The van der Waals surface area contributed by atoms with E-state index in [4.69, 9.17) is 13.1 Å². The SMILES string of the molecule is [C-]#[N+]c1ccc(-c2cc(-c3ccc(C#N)cc3)c3ccc4c(-c5ccc(-c6ccccc6)c6ccccc56)cc(-c5ccc([N+]#[C-])cc5)c5ccc2c3c54)cc1. The summed E-state index contributed by atoms with van der Waals surface area (Å²) in [6, 6.07) is 63.3. The molecule has 0 fully saturated rings. The van der Waals surface area contributed by atoms with Crippen molar-refractivity contribution in [2.24, 2.45) is 0 Å². The summed E-state index contributed by atoms with van der Waals surface area (Å²) in [5, 5.41) is 18.9. The third kappa shape index (κ3) is 5.18. The summed E-state index contributed by atoms with van der Waals surface area (Å²) in [5.74, 6) is 0. The first-order valence-electron chi connectivity index (χ1n) is 18.5. The Bertz CT molecular complexity index is 3210.